The number of ether oxygens (including phenoxy) is 1. The van der Waals surface area contributed by atoms with E-state index in [1.807, 2.05) is 0 Å². The number of nitrogens with one attached hydrogen (secondary N) is 1. The van der Waals surface area contributed by atoms with Crippen LogP contribution in [0, 0.1) is 5.82 Å². The number of aromatic amines is 1. The molecule has 0 saturated heterocycles. The van der Waals surface area contributed by atoms with Crippen molar-refractivity contribution in [2.45, 2.75) is 6.42 Å². The Bertz CT molecular complexity index is 556. The minimum atomic E-state index is -0.370. The maximum Gasteiger partial charge on any atom is 0.134 e. The Balaban J connectivity index is 2.50. The van der Waals surface area contributed by atoms with Gasteiger partial charge < -0.3 is 15.5 Å². The average molecular weight is 270 g/mol. The van der Waals surface area contributed by atoms with Gasteiger partial charge in [-0.2, -0.15) is 0 Å². The van der Waals surface area contributed by atoms with E-state index >= 15 is 0 Å². The standard InChI is InChI=1S/C12H13ClFN3O/c1-18-9-3-2-7(14)6-8(9)11-12(13)17-10(16-11)4-5-15/h2-3,6H,4-5,15H2,1H3,(H,16,17). The lowest BCUT2D eigenvalue weighted by molar-refractivity contribution is 0.415. The Morgan fingerprint density at radius 1 is 1.50 bits per heavy atom. The minimum Gasteiger partial charge on any atom is -0.496 e. The lowest BCUT2D eigenvalue weighted by Gasteiger charge is -2.06. The van der Waals surface area contributed by atoms with Crippen LogP contribution in [-0.4, -0.2) is 23.6 Å². The van der Waals surface area contributed by atoms with Gasteiger partial charge >= 0.3 is 0 Å². The molecular formula is C12H13ClFN3O. The number of benzene rings is 1. The van der Waals surface area contributed by atoms with E-state index in [-0.39, 0.29) is 5.82 Å². The van der Waals surface area contributed by atoms with Crippen molar-refractivity contribution in [1.29, 1.82) is 0 Å². The van der Waals surface area contributed by atoms with Crippen molar-refractivity contribution in [3.63, 3.8) is 0 Å². The second-order valence-electron chi connectivity index (χ2n) is 3.73. The van der Waals surface area contributed by atoms with Gasteiger partial charge in [-0.3, -0.25) is 0 Å². The lowest BCUT2D eigenvalue weighted by atomic mass is 10.1. The fraction of sp³-hybridized carbons (Fsp3) is 0.250. The molecule has 2 rings (SSSR count). The number of nitrogens with zero attached hydrogens (tertiary/aromatic N) is 1. The molecule has 0 aliphatic rings. The van der Waals surface area contributed by atoms with Gasteiger partial charge in [0.25, 0.3) is 0 Å². The molecule has 96 valence electrons. The van der Waals surface area contributed by atoms with Gasteiger partial charge in [0.05, 0.1) is 7.11 Å². The molecule has 0 aliphatic heterocycles. The average Bonchev–Trinajstić information content (AvgIpc) is 2.70. The molecule has 0 fully saturated rings. The summed E-state index contributed by atoms with van der Waals surface area (Å²) in [7, 11) is 1.51. The molecule has 3 N–H and O–H groups in total. The van der Waals surface area contributed by atoms with E-state index < -0.39 is 0 Å². The van der Waals surface area contributed by atoms with E-state index in [9.17, 15) is 4.39 Å². The predicted molar refractivity (Wildman–Crippen MR) is 68.3 cm³/mol. The molecule has 4 nitrogen and oxygen atoms in total. The number of hydrogen-bond acceptors (Lipinski definition) is 3. The molecule has 2 aromatic rings. The number of H-pyrrole nitrogens is 1. The molecule has 0 unspecified atom stereocenters. The van der Waals surface area contributed by atoms with Crippen molar-refractivity contribution in [2.24, 2.45) is 5.73 Å². The molecule has 1 aromatic heterocycles. The van der Waals surface area contributed by atoms with E-state index in [0.29, 0.717) is 40.9 Å². The first kappa shape index (κ1) is 12.9. The summed E-state index contributed by atoms with van der Waals surface area (Å²) in [6, 6.07) is 4.20. The molecule has 0 saturated carbocycles. The van der Waals surface area contributed by atoms with Crippen LogP contribution in [0.15, 0.2) is 18.2 Å². The Morgan fingerprint density at radius 3 is 2.94 bits per heavy atom. The third-order valence-corrected chi connectivity index (χ3v) is 2.78. The maximum absolute atomic E-state index is 13.3. The van der Waals surface area contributed by atoms with Gasteiger partial charge in [-0.15, -0.1) is 0 Å². The van der Waals surface area contributed by atoms with Crippen molar-refractivity contribution >= 4 is 11.6 Å². The molecule has 0 spiro atoms. The third-order valence-electron chi connectivity index (χ3n) is 2.51. The summed E-state index contributed by atoms with van der Waals surface area (Å²) in [5, 5.41) is 0.349. The zero-order chi connectivity index (χ0) is 13.1. The Kier molecular flexibility index (Phi) is 3.84. The van der Waals surface area contributed by atoms with Crippen LogP contribution in [0.5, 0.6) is 5.75 Å². The quantitative estimate of drug-likeness (QED) is 0.896. The Labute approximate surface area is 109 Å². The van der Waals surface area contributed by atoms with E-state index in [1.165, 1.54) is 25.3 Å². The first-order chi connectivity index (χ1) is 8.65. The highest BCUT2D eigenvalue weighted by Crippen LogP contribution is 2.33. The number of nitrogens with two attached hydrogens (primary N) is 1. The fourth-order valence-corrected chi connectivity index (χ4v) is 1.95. The summed E-state index contributed by atoms with van der Waals surface area (Å²) < 4.78 is 18.5. The summed E-state index contributed by atoms with van der Waals surface area (Å²) in [6.07, 6.45) is 0.581. The van der Waals surface area contributed by atoms with Gasteiger partial charge in [-0.25, -0.2) is 9.37 Å². The highest BCUT2D eigenvalue weighted by atomic mass is 35.5. The number of aromatic nitrogens is 2. The van der Waals surface area contributed by atoms with Crippen molar-refractivity contribution in [3.8, 4) is 17.0 Å². The molecule has 18 heavy (non-hydrogen) atoms. The van der Waals surface area contributed by atoms with Crippen LogP contribution in [0.25, 0.3) is 11.3 Å². The predicted octanol–water partition coefficient (Wildman–Crippen LogP) is 2.38. The van der Waals surface area contributed by atoms with Crippen LogP contribution < -0.4 is 10.5 Å². The smallest absolute Gasteiger partial charge is 0.134 e. The summed E-state index contributed by atoms with van der Waals surface area (Å²) in [5.74, 6) is 0.818. The third kappa shape index (κ3) is 2.47. The summed E-state index contributed by atoms with van der Waals surface area (Å²) in [6.45, 7) is 0.462. The molecule has 0 bridgehead atoms. The molecule has 1 heterocycles. The fourth-order valence-electron chi connectivity index (χ4n) is 1.70. The molecule has 0 atom stereocenters. The topological polar surface area (TPSA) is 63.9 Å². The SMILES string of the molecule is COc1ccc(F)cc1-c1nc(CCN)[nH]c1Cl. The van der Waals surface area contributed by atoms with E-state index in [2.05, 4.69) is 9.97 Å². The number of rotatable bonds is 4. The van der Waals surface area contributed by atoms with Crippen LogP contribution in [0.4, 0.5) is 4.39 Å². The van der Waals surface area contributed by atoms with Gasteiger partial charge in [-0.1, -0.05) is 11.6 Å². The van der Waals surface area contributed by atoms with Crippen LogP contribution in [0.1, 0.15) is 5.82 Å². The van der Waals surface area contributed by atoms with Crippen LogP contribution in [0.2, 0.25) is 5.15 Å². The number of halogens is 2. The number of methoxy groups -OCH3 is 1. The largest absolute Gasteiger partial charge is 0.496 e. The Morgan fingerprint density at radius 2 is 2.28 bits per heavy atom. The highest BCUT2D eigenvalue weighted by Gasteiger charge is 2.15. The van der Waals surface area contributed by atoms with E-state index in [0.717, 1.165) is 0 Å². The molecular weight excluding hydrogens is 257 g/mol. The summed E-state index contributed by atoms with van der Waals surface area (Å²) in [5.41, 5.74) is 6.44. The van der Waals surface area contributed by atoms with Crippen molar-refractivity contribution < 1.29 is 9.13 Å². The van der Waals surface area contributed by atoms with Gasteiger partial charge in [0, 0.05) is 12.0 Å². The highest BCUT2D eigenvalue weighted by molar-refractivity contribution is 6.32. The number of hydrogen-bond donors (Lipinski definition) is 2. The lowest BCUT2D eigenvalue weighted by Crippen LogP contribution is -2.03. The molecule has 1 aromatic carbocycles. The normalized spacial score (nSPS) is 10.7. The first-order valence-electron chi connectivity index (χ1n) is 5.44. The molecule has 6 heteroatoms. The minimum absolute atomic E-state index is 0.349. The van der Waals surface area contributed by atoms with Crippen LogP contribution >= 0.6 is 11.6 Å². The second kappa shape index (κ2) is 5.37. The first-order valence-corrected chi connectivity index (χ1v) is 5.82. The van der Waals surface area contributed by atoms with E-state index in [1.54, 1.807) is 0 Å². The van der Waals surface area contributed by atoms with Gasteiger partial charge in [0.1, 0.15) is 28.2 Å². The van der Waals surface area contributed by atoms with Crippen molar-refractivity contribution in [3.05, 3.63) is 35.0 Å². The van der Waals surface area contributed by atoms with Gasteiger partial charge in [0.15, 0.2) is 0 Å². The van der Waals surface area contributed by atoms with Crippen molar-refractivity contribution in [1.82, 2.24) is 9.97 Å². The zero-order valence-electron chi connectivity index (χ0n) is 9.84. The van der Waals surface area contributed by atoms with Crippen molar-refractivity contribution in [2.75, 3.05) is 13.7 Å². The molecule has 0 aliphatic carbocycles. The van der Waals surface area contributed by atoms with Gasteiger partial charge in [-0.05, 0) is 24.7 Å². The second-order valence-corrected chi connectivity index (χ2v) is 4.11. The summed E-state index contributed by atoms with van der Waals surface area (Å²) >= 11 is 6.06. The van der Waals surface area contributed by atoms with Crippen LogP contribution in [0.3, 0.4) is 0 Å². The van der Waals surface area contributed by atoms with E-state index in [4.69, 9.17) is 22.1 Å². The van der Waals surface area contributed by atoms with Crippen LogP contribution in [-0.2, 0) is 6.42 Å². The van der Waals surface area contributed by atoms with Gasteiger partial charge in [0.2, 0.25) is 0 Å². The zero-order valence-corrected chi connectivity index (χ0v) is 10.6. The number of imidazole rings is 1. The Hall–Kier alpha value is -1.59. The summed E-state index contributed by atoms with van der Waals surface area (Å²) in [4.78, 5) is 7.22. The maximum atomic E-state index is 13.3. The monoisotopic (exact) mass is 269 g/mol. The molecule has 0 amide bonds. The molecule has 0 radical (unpaired) electrons.